The molecule has 4 nitrogen and oxygen atoms in total. The molecular formula is C27H27N3O. The molecule has 0 aliphatic rings. The number of fused-ring (bicyclic) bond motifs is 1. The second kappa shape index (κ2) is 10.5. The third-order valence-electron chi connectivity index (χ3n) is 5.42. The average molecular weight is 410 g/mol. The van der Waals surface area contributed by atoms with Crippen molar-refractivity contribution in [3.63, 3.8) is 0 Å². The summed E-state index contributed by atoms with van der Waals surface area (Å²) in [5.41, 5.74) is 3.27. The monoisotopic (exact) mass is 409 g/mol. The zero-order valence-corrected chi connectivity index (χ0v) is 17.5. The van der Waals surface area contributed by atoms with Crippen LogP contribution in [0.25, 0.3) is 10.8 Å². The number of pyridine rings is 1. The van der Waals surface area contributed by atoms with E-state index in [9.17, 15) is 4.79 Å². The summed E-state index contributed by atoms with van der Waals surface area (Å²) >= 11 is 0. The van der Waals surface area contributed by atoms with Gasteiger partial charge in [0.05, 0.1) is 6.04 Å². The van der Waals surface area contributed by atoms with E-state index < -0.39 is 0 Å². The molecule has 31 heavy (non-hydrogen) atoms. The summed E-state index contributed by atoms with van der Waals surface area (Å²) in [6.07, 6.45) is 6.26. The van der Waals surface area contributed by atoms with E-state index in [2.05, 4.69) is 52.0 Å². The van der Waals surface area contributed by atoms with Gasteiger partial charge in [-0.25, -0.2) is 0 Å². The summed E-state index contributed by atoms with van der Waals surface area (Å²) in [4.78, 5) is 17.3. The van der Waals surface area contributed by atoms with E-state index in [4.69, 9.17) is 0 Å². The first-order valence-electron chi connectivity index (χ1n) is 10.7. The highest BCUT2D eigenvalue weighted by Gasteiger charge is 2.18. The minimum absolute atomic E-state index is 0.00241. The predicted molar refractivity (Wildman–Crippen MR) is 127 cm³/mol. The molecule has 1 aromatic heterocycles. The van der Waals surface area contributed by atoms with Gasteiger partial charge in [-0.1, -0.05) is 66.7 Å². The summed E-state index contributed by atoms with van der Waals surface area (Å²) in [6.45, 7) is 0.660. The van der Waals surface area contributed by atoms with Gasteiger partial charge in [-0.2, -0.15) is 0 Å². The van der Waals surface area contributed by atoms with Gasteiger partial charge in [-0.15, -0.1) is 0 Å². The van der Waals surface area contributed by atoms with Crippen molar-refractivity contribution in [3.05, 3.63) is 108 Å². The van der Waals surface area contributed by atoms with Crippen molar-refractivity contribution in [2.24, 2.45) is 0 Å². The number of nitrogens with one attached hydrogen (secondary N) is 2. The van der Waals surface area contributed by atoms with E-state index in [1.54, 1.807) is 6.20 Å². The van der Waals surface area contributed by atoms with Gasteiger partial charge >= 0.3 is 0 Å². The minimum atomic E-state index is -0.267. The number of nitrogens with zero attached hydrogens (tertiary/aromatic N) is 1. The molecule has 1 unspecified atom stereocenters. The molecule has 0 radical (unpaired) electrons. The van der Waals surface area contributed by atoms with Crippen molar-refractivity contribution in [1.29, 1.82) is 0 Å². The van der Waals surface area contributed by atoms with Crippen LogP contribution in [0.5, 0.6) is 0 Å². The fraction of sp³-hybridized carbons (Fsp3) is 0.185. The number of anilines is 1. The van der Waals surface area contributed by atoms with Crippen LogP contribution in [-0.4, -0.2) is 16.9 Å². The Morgan fingerprint density at radius 2 is 1.58 bits per heavy atom. The standard InChI is InChI=1S/C27H27N3O/c31-27(30-25-15-14-24-20-28-17-16-23(24)18-25)26(29-19-22-10-5-2-6-11-22)13-7-12-21-8-3-1-4-9-21/h1-6,8-11,14-18,20,26,29H,7,12-13,19H2,(H,30,31). The van der Waals surface area contributed by atoms with Gasteiger partial charge in [-0.05, 0) is 54.0 Å². The van der Waals surface area contributed by atoms with Gasteiger partial charge in [0.2, 0.25) is 5.91 Å². The molecule has 3 aromatic carbocycles. The summed E-state index contributed by atoms with van der Waals surface area (Å²) in [6, 6.07) is 28.2. The van der Waals surface area contributed by atoms with Gasteiger partial charge in [0, 0.05) is 30.0 Å². The molecular weight excluding hydrogens is 382 g/mol. The maximum Gasteiger partial charge on any atom is 0.241 e. The number of hydrogen-bond acceptors (Lipinski definition) is 3. The second-order valence-corrected chi connectivity index (χ2v) is 7.72. The Morgan fingerprint density at radius 1 is 0.839 bits per heavy atom. The zero-order valence-electron chi connectivity index (χ0n) is 17.5. The SMILES string of the molecule is O=C(Nc1ccc2cnccc2c1)C(CCCc1ccccc1)NCc1ccccc1. The Hall–Kier alpha value is -3.50. The van der Waals surface area contributed by atoms with E-state index in [0.29, 0.717) is 6.54 Å². The number of hydrogen-bond donors (Lipinski definition) is 2. The molecule has 4 heteroatoms. The normalized spacial score (nSPS) is 11.9. The molecule has 4 rings (SSSR count). The lowest BCUT2D eigenvalue weighted by Gasteiger charge is -2.19. The molecule has 2 N–H and O–H groups in total. The summed E-state index contributed by atoms with van der Waals surface area (Å²) in [7, 11) is 0. The number of aryl methyl sites for hydroxylation is 1. The van der Waals surface area contributed by atoms with Crippen LogP contribution >= 0.6 is 0 Å². The highest BCUT2D eigenvalue weighted by Crippen LogP contribution is 2.18. The van der Waals surface area contributed by atoms with E-state index >= 15 is 0 Å². The van der Waals surface area contributed by atoms with Crippen molar-refractivity contribution < 1.29 is 4.79 Å². The minimum Gasteiger partial charge on any atom is -0.325 e. The van der Waals surface area contributed by atoms with Crippen LogP contribution in [-0.2, 0) is 17.8 Å². The van der Waals surface area contributed by atoms with Crippen molar-refractivity contribution in [3.8, 4) is 0 Å². The summed E-state index contributed by atoms with van der Waals surface area (Å²) in [5.74, 6) is -0.00241. The number of carbonyl (C=O) groups is 1. The van der Waals surface area contributed by atoms with Gasteiger partial charge in [0.15, 0.2) is 0 Å². The molecule has 0 saturated carbocycles. The van der Waals surface area contributed by atoms with E-state index in [0.717, 1.165) is 35.7 Å². The van der Waals surface area contributed by atoms with Gasteiger partial charge < -0.3 is 10.6 Å². The smallest absolute Gasteiger partial charge is 0.241 e. The van der Waals surface area contributed by atoms with Crippen molar-refractivity contribution in [1.82, 2.24) is 10.3 Å². The molecule has 1 atom stereocenters. The molecule has 0 spiro atoms. The first-order valence-corrected chi connectivity index (χ1v) is 10.7. The molecule has 4 aromatic rings. The number of rotatable bonds is 9. The number of benzene rings is 3. The fourth-order valence-electron chi connectivity index (χ4n) is 3.71. The Balaban J connectivity index is 1.42. The lowest BCUT2D eigenvalue weighted by Crippen LogP contribution is -2.40. The third kappa shape index (κ3) is 6.00. The maximum absolute atomic E-state index is 13.1. The van der Waals surface area contributed by atoms with Crippen LogP contribution in [0.2, 0.25) is 0 Å². The molecule has 0 fully saturated rings. The number of aromatic nitrogens is 1. The van der Waals surface area contributed by atoms with Crippen molar-refractivity contribution in [2.75, 3.05) is 5.32 Å². The predicted octanol–water partition coefficient (Wildman–Crippen LogP) is 5.35. The Morgan fingerprint density at radius 3 is 2.35 bits per heavy atom. The number of carbonyl (C=O) groups excluding carboxylic acids is 1. The second-order valence-electron chi connectivity index (χ2n) is 7.72. The van der Waals surface area contributed by atoms with Crippen LogP contribution in [0.4, 0.5) is 5.69 Å². The molecule has 0 bridgehead atoms. The van der Waals surface area contributed by atoms with Crippen LogP contribution < -0.4 is 10.6 Å². The first-order chi connectivity index (χ1) is 15.3. The van der Waals surface area contributed by atoms with E-state index in [1.807, 2.05) is 54.7 Å². The van der Waals surface area contributed by atoms with Gasteiger partial charge in [-0.3, -0.25) is 9.78 Å². The summed E-state index contributed by atoms with van der Waals surface area (Å²) in [5, 5.41) is 8.67. The van der Waals surface area contributed by atoms with Gasteiger partial charge in [0.1, 0.15) is 0 Å². The summed E-state index contributed by atoms with van der Waals surface area (Å²) < 4.78 is 0. The number of amides is 1. The van der Waals surface area contributed by atoms with Crippen molar-refractivity contribution >= 4 is 22.4 Å². The molecule has 0 aliphatic heterocycles. The lowest BCUT2D eigenvalue weighted by atomic mass is 10.0. The van der Waals surface area contributed by atoms with Crippen LogP contribution in [0.3, 0.4) is 0 Å². The van der Waals surface area contributed by atoms with Crippen LogP contribution in [0, 0.1) is 0 Å². The molecule has 0 aliphatic carbocycles. The first kappa shape index (κ1) is 20.8. The highest BCUT2D eigenvalue weighted by atomic mass is 16.2. The fourth-order valence-corrected chi connectivity index (χ4v) is 3.71. The molecule has 1 amide bonds. The molecule has 1 heterocycles. The molecule has 0 saturated heterocycles. The Kier molecular flexibility index (Phi) is 7.04. The van der Waals surface area contributed by atoms with Gasteiger partial charge in [0.25, 0.3) is 0 Å². The Bertz CT molecular complexity index is 1110. The largest absolute Gasteiger partial charge is 0.325 e. The average Bonchev–Trinajstić information content (AvgIpc) is 2.82. The zero-order chi connectivity index (χ0) is 21.3. The van der Waals surface area contributed by atoms with Crippen molar-refractivity contribution in [2.45, 2.75) is 31.8 Å². The highest BCUT2D eigenvalue weighted by molar-refractivity contribution is 5.97. The lowest BCUT2D eigenvalue weighted by molar-refractivity contribution is -0.118. The maximum atomic E-state index is 13.1. The third-order valence-corrected chi connectivity index (χ3v) is 5.42. The van der Waals surface area contributed by atoms with E-state index in [-0.39, 0.29) is 11.9 Å². The van der Waals surface area contributed by atoms with Crippen LogP contribution in [0.15, 0.2) is 97.3 Å². The van der Waals surface area contributed by atoms with Crippen LogP contribution in [0.1, 0.15) is 24.0 Å². The molecule has 156 valence electrons. The topological polar surface area (TPSA) is 54.0 Å². The quantitative estimate of drug-likeness (QED) is 0.392. The Labute approximate surface area is 183 Å². The van der Waals surface area contributed by atoms with E-state index in [1.165, 1.54) is 11.1 Å².